The van der Waals surface area contributed by atoms with Gasteiger partial charge in [-0.2, -0.15) is 0 Å². The number of hydrogen-bond acceptors (Lipinski definition) is 15. The van der Waals surface area contributed by atoms with Crippen molar-refractivity contribution in [1.82, 2.24) is 75.0 Å². The summed E-state index contributed by atoms with van der Waals surface area (Å²) < 4.78 is 0. The molecule has 23 aromatic carbocycles. The predicted octanol–water partition coefficient (Wildman–Crippen LogP) is 28.5. The SMILES string of the molecule is Cc1cc(-c2ccccc2)c(O)c(-n2nc3c4ccccc4c4ccccc4c3n2)c1.Oc1c(-n2nc3ccc(Cl)cc3n2)c2ccccc2c2ccccc12.Oc1c(-n2nc3ccc(Cl)cc3n2)cc2ccc3cccc4ccc1c2c34.Oc1c(-n2nc3ccc(Cl)cc3n2)ccc2ccc3ccc4ccccc4c3c12.Oc1c(-n2nc3ccc(Cl)cc3n2)ccc2ccc3ccccc3c12. The van der Waals surface area contributed by atoms with Crippen molar-refractivity contribution in [2.75, 3.05) is 0 Å². The maximum Gasteiger partial charge on any atom is 0.151 e. The van der Waals surface area contributed by atoms with Crippen LogP contribution in [0.5, 0.6) is 28.7 Å². The fourth-order valence-corrected chi connectivity index (χ4v) is 19.5. The highest BCUT2D eigenvalue weighted by molar-refractivity contribution is 6.33. The fraction of sp³-hybridized carbons (Fsp3) is 0.00885. The van der Waals surface area contributed by atoms with Gasteiger partial charge in [-0.1, -0.05) is 307 Å². The molecule has 28 aromatic rings. The zero-order valence-corrected chi connectivity index (χ0v) is 75.2. The minimum absolute atomic E-state index is 0.163. The Morgan fingerprint density at radius 2 is 0.533 bits per heavy atom. The van der Waals surface area contributed by atoms with Gasteiger partial charge in [0.05, 0.1) is 0 Å². The van der Waals surface area contributed by atoms with Gasteiger partial charge in [-0.3, -0.25) is 0 Å². The van der Waals surface area contributed by atoms with E-state index in [1.807, 2.05) is 237 Å². The Labute approximate surface area is 796 Å². The first-order valence-electron chi connectivity index (χ1n) is 43.9. The lowest BCUT2D eigenvalue weighted by Crippen LogP contribution is -2.01. The molecule has 0 bridgehead atoms. The third kappa shape index (κ3) is 14.5. The van der Waals surface area contributed by atoms with Crippen molar-refractivity contribution >= 4 is 231 Å². The number of phenols is 5. The second-order valence-corrected chi connectivity index (χ2v) is 35.2. The van der Waals surface area contributed by atoms with Gasteiger partial charge in [-0.15, -0.1) is 75.0 Å². The number of aromatic nitrogens is 15. The van der Waals surface area contributed by atoms with Gasteiger partial charge in [0.15, 0.2) is 28.7 Å². The number of hydrogen-bond donors (Lipinski definition) is 5. The van der Waals surface area contributed by atoms with Gasteiger partial charge in [0, 0.05) is 74.1 Å². The lowest BCUT2D eigenvalue weighted by Gasteiger charge is -2.14. The average molecular weight is 1860 g/mol. The summed E-state index contributed by atoms with van der Waals surface area (Å²) in [7, 11) is 0. The van der Waals surface area contributed by atoms with Gasteiger partial charge in [0.2, 0.25) is 0 Å². The molecule has 0 spiro atoms. The average Bonchev–Trinajstić information content (AvgIpc) is 1.70. The first kappa shape index (κ1) is 82.7. The highest BCUT2D eigenvalue weighted by Crippen LogP contribution is 2.47. The lowest BCUT2D eigenvalue weighted by molar-refractivity contribution is 0.469. The highest BCUT2D eigenvalue weighted by atomic mass is 35.5. The molecule has 0 aliphatic carbocycles. The Balaban J connectivity index is 0.0000000936. The number of aryl methyl sites for hydroxylation is 1. The minimum Gasteiger partial charge on any atom is -0.505 e. The van der Waals surface area contributed by atoms with Gasteiger partial charge in [-0.05, 0) is 208 Å². The third-order valence-electron chi connectivity index (χ3n) is 25.2. The van der Waals surface area contributed by atoms with E-state index in [2.05, 4.69) is 132 Å². The maximum absolute atomic E-state index is 11.3. The summed E-state index contributed by atoms with van der Waals surface area (Å²) >= 11 is 24.2. The molecule has 5 heterocycles. The second kappa shape index (κ2) is 33.4. The van der Waals surface area contributed by atoms with E-state index in [-0.39, 0.29) is 28.7 Å². The Morgan fingerprint density at radius 3 is 1.05 bits per heavy atom. The van der Waals surface area contributed by atoms with Gasteiger partial charge in [-0.25, -0.2) is 0 Å². The van der Waals surface area contributed by atoms with E-state index in [0.29, 0.717) is 70.6 Å². The molecule has 0 saturated carbocycles. The van der Waals surface area contributed by atoms with E-state index in [9.17, 15) is 25.5 Å². The molecule has 0 aliphatic rings. The Hall–Kier alpha value is -17.4. The summed E-state index contributed by atoms with van der Waals surface area (Å²) in [6.07, 6.45) is 0. The first-order valence-corrected chi connectivity index (χ1v) is 45.4. The van der Waals surface area contributed by atoms with E-state index in [4.69, 9.17) is 56.6 Å². The van der Waals surface area contributed by atoms with Crippen molar-refractivity contribution in [2.45, 2.75) is 6.92 Å². The van der Waals surface area contributed by atoms with Crippen LogP contribution in [0.4, 0.5) is 0 Å². The molecular formula is C113H69Cl4N15O5. The zero-order chi connectivity index (χ0) is 92.5. The van der Waals surface area contributed by atoms with Gasteiger partial charge >= 0.3 is 0 Å². The van der Waals surface area contributed by atoms with Crippen molar-refractivity contribution in [3.63, 3.8) is 0 Å². The molecule has 0 aliphatic heterocycles. The number of fused-ring (bicyclic) bond motifs is 21. The van der Waals surface area contributed by atoms with Crippen molar-refractivity contribution < 1.29 is 25.5 Å². The Kier molecular flexibility index (Phi) is 20.2. The largest absolute Gasteiger partial charge is 0.505 e. The zero-order valence-electron chi connectivity index (χ0n) is 72.2. The van der Waals surface area contributed by atoms with E-state index in [1.54, 1.807) is 53.3 Å². The molecule has 0 unspecified atom stereocenters. The molecule has 0 fully saturated rings. The second-order valence-electron chi connectivity index (χ2n) is 33.5. The van der Waals surface area contributed by atoms with Crippen LogP contribution in [0.3, 0.4) is 0 Å². The van der Waals surface area contributed by atoms with Crippen LogP contribution in [0.1, 0.15) is 5.56 Å². The number of nitrogens with zero attached hydrogens (tertiary/aromatic N) is 15. The number of halogens is 4. The minimum atomic E-state index is 0.163. The summed E-state index contributed by atoms with van der Waals surface area (Å²) in [5.41, 5.74) is 12.8. The molecule has 24 heteroatoms. The van der Waals surface area contributed by atoms with Crippen molar-refractivity contribution in [3.8, 4) is 68.3 Å². The predicted molar refractivity (Wildman–Crippen MR) is 554 cm³/mol. The number of benzene rings is 23. The lowest BCUT2D eigenvalue weighted by atomic mass is 9.93. The molecule has 0 saturated heterocycles. The standard InChI is InChI=1S/C27H19N3O.C24H14ClN3O.C22H12ClN3O.2C20H12ClN3O/c1-17-15-23(18-9-3-2-4-10-18)27(31)24(16-17)30-28-25-21-13-7-5-11-19(21)20-12-6-8-14-22(20)26(25)29-30;25-17-10-11-19-20(13-17)27-28(26-19)21-12-9-16-8-7-15-6-5-14-3-1-2-4-18(14)22(15)23(16)24(21)29;23-15-7-9-17-18(11-15)25-26(24-17)19-10-14-5-4-12-2-1-3-13-6-8-16(22(19)27)21(14)20(12)13;21-12-9-10-17-18(11-12)23-24(22-17)19-15-7-3-1-5-13(15)14-6-2-4-8-16(14)20(19)25;21-14-8-9-16-17(11-14)23-24(22-16)18-10-7-13-6-5-12-3-1-2-4-15(12)19(13)20(18)25/h2-16,31H,1H3;1-13,29H;1-11,27H;2*1-11,25H. The first-order chi connectivity index (χ1) is 67.0. The molecule has 0 radical (unpaired) electrons. The van der Waals surface area contributed by atoms with Crippen LogP contribution in [-0.2, 0) is 0 Å². The number of aromatic hydroxyl groups is 5. The molecule has 0 amide bonds. The highest BCUT2D eigenvalue weighted by Gasteiger charge is 2.25. The van der Waals surface area contributed by atoms with Crippen LogP contribution in [0.25, 0.3) is 224 Å². The van der Waals surface area contributed by atoms with Crippen LogP contribution >= 0.6 is 46.4 Å². The van der Waals surface area contributed by atoms with E-state index in [0.717, 1.165) is 174 Å². The van der Waals surface area contributed by atoms with Crippen LogP contribution in [0, 0.1) is 6.92 Å². The van der Waals surface area contributed by atoms with E-state index in [1.165, 1.54) is 24.6 Å². The topological polar surface area (TPSA) is 255 Å². The fourth-order valence-electron chi connectivity index (χ4n) is 18.9. The summed E-state index contributed by atoms with van der Waals surface area (Å²) in [6, 6.07) is 120. The van der Waals surface area contributed by atoms with E-state index >= 15 is 0 Å². The van der Waals surface area contributed by atoms with Gasteiger partial charge in [0.1, 0.15) is 83.6 Å². The summed E-state index contributed by atoms with van der Waals surface area (Å²) in [4.78, 5) is 7.46. The van der Waals surface area contributed by atoms with Crippen molar-refractivity contribution in [2.24, 2.45) is 0 Å². The third-order valence-corrected chi connectivity index (χ3v) is 26.1. The van der Waals surface area contributed by atoms with E-state index < -0.39 is 0 Å². The molecule has 654 valence electrons. The molecule has 5 aromatic heterocycles. The molecule has 28 rings (SSSR count). The summed E-state index contributed by atoms with van der Waals surface area (Å²) in [5.74, 6) is 0.843. The van der Waals surface area contributed by atoms with Crippen LogP contribution < -0.4 is 0 Å². The molecule has 0 atom stereocenters. The smallest absolute Gasteiger partial charge is 0.151 e. The number of rotatable bonds is 6. The summed E-state index contributed by atoms with van der Waals surface area (Å²) in [5, 5.41) is 128. The van der Waals surface area contributed by atoms with Crippen LogP contribution in [0.2, 0.25) is 20.1 Å². The van der Waals surface area contributed by atoms with Crippen molar-refractivity contribution in [1.29, 1.82) is 0 Å². The quantitative estimate of drug-likeness (QED) is 0.0970. The molecule has 20 nitrogen and oxygen atoms in total. The maximum atomic E-state index is 11.3. The molecule has 137 heavy (non-hydrogen) atoms. The van der Waals surface area contributed by atoms with Gasteiger partial charge in [0.25, 0.3) is 0 Å². The number of phenolic OH excluding ortho intramolecular Hbond substituents is 5. The normalized spacial score (nSPS) is 11.7. The Morgan fingerprint density at radius 1 is 0.197 bits per heavy atom. The van der Waals surface area contributed by atoms with Crippen LogP contribution in [-0.4, -0.2) is 101 Å². The monoisotopic (exact) mass is 1860 g/mol. The van der Waals surface area contributed by atoms with Crippen LogP contribution in [0.15, 0.2) is 370 Å². The van der Waals surface area contributed by atoms with Gasteiger partial charge < -0.3 is 25.5 Å². The molecule has 5 N–H and O–H groups in total. The summed E-state index contributed by atoms with van der Waals surface area (Å²) in [6.45, 7) is 2.02. The Bertz CT molecular complexity index is 9730. The molecular weight excluding hydrogens is 1790 g/mol. The van der Waals surface area contributed by atoms with Crippen molar-refractivity contribution in [3.05, 3.63) is 396 Å².